The monoisotopic (exact) mass is 298 g/mol. The highest BCUT2D eigenvalue weighted by atomic mass is 35.5. The van der Waals surface area contributed by atoms with Crippen LogP contribution in [0.2, 0.25) is 10.0 Å². The second-order valence-corrected chi connectivity index (χ2v) is 6.27. The Morgan fingerprint density at radius 2 is 2.00 bits per heavy atom. The van der Waals surface area contributed by atoms with Crippen molar-refractivity contribution in [1.29, 1.82) is 0 Å². The number of nitrogens with zero attached hydrogens (tertiary/aromatic N) is 1. The maximum atomic E-state index is 12.3. The molecule has 0 radical (unpaired) electrons. The van der Waals surface area contributed by atoms with Crippen molar-refractivity contribution in [2.75, 3.05) is 0 Å². The Hall–Kier alpha value is -0.770. The Labute approximate surface area is 122 Å². The third-order valence-electron chi connectivity index (χ3n) is 3.76. The number of nitrogens with two attached hydrogens (primary N) is 1. The quantitative estimate of drug-likeness (QED) is 0.929. The van der Waals surface area contributed by atoms with Gasteiger partial charge < -0.3 is 10.6 Å². The highest BCUT2D eigenvalue weighted by Gasteiger charge is 2.45. The van der Waals surface area contributed by atoms with Gasteiger partial charge in [0, 0.05) is 18.6 Å². The van der Waals surface area contributed by atoms with Gasteiger partial charge in [-0.1, -0.05) is 29.3 Å². The van der Waals surface area contributed by atoms with Gasteiger partial charge in [0.2, 0.25) is 5.91 Å². The topological polar surface area (TPSA) is 46.3 Å². The van der Waals surface area contributed by atoms with Crippen molar-refractivity contribution in [3.8, 4) is 0 Å². The Balaban J connectivity index is 1.74. The predicted octanol–water partition coefficient (Wildman–Crippen LogP) is 2.83. The molecular weight excluding hydrogens is 283 g/mol. The lowest BCUT2D eigenvalue weighted by atomic mass is 10.2. The van der Waals surface area contributed by atoms with Crippen molar-refractivity contribution in [2.45, 2.75) is 37.9 Å². The van der Waals surface area contributed by atoms with E-state index < -0.39 is 0 Å². The predicted molar refractivity (Wildman–Crippen MR) is 76.1 cm³/mol. The molecule has 2 N–H and O–H groups in total. The van der Waals surface area contributed by atoms with E-state index in [-0.39, 0.29) is 17.9 Å². The summed E-state index contributed by atoms with van der Waals surface area (Å²) in [7, 11) is 0. The van der Waals surface area contributed by atoms with Crippen LogP contribution in [0.5, 0.6) is 0 Å². The molecule has 3 rings (SSSR count). The van der Waals surface area contributed by atoms with Gasteiger partial charge in [-0.05, 0) is 37.0 Å². The van der Waals surface area contributed by atoms with Crippen LogP contribution in [-0.4, -0.2) is 22.9 Å². The summed E-state index contributed by atoms with van der Waals surface area (Å²) in [6.45, 7) is 0.601. The molecule has 3 nitrogen and oxygen atoms in total. The lowest BCUT2D eigenvalue weighted by Gasteiger charge is -2.23. The van der Waals surface area contributed by atoms with Gasteiger partial charge in [0.25, 0.3) is 0 Å². The summed E-state index contributed by atoms with van der Waals surface area (Å²) in [5.41, 5.74) is 6.79. The summed E-state index contributed by atoms with van der Waals surface area (Å²) in [5.74, 6) is 0.226. The summed E-state index contributed by atoms with van der Waals surface area (Å²) in [5, 5.41) is 1.07. The van der Waals surface area contributed by atoms with E-state index in [0.29, 0.717) is 22.6 Å². The molecule has 0 aromatic heterocycles. The fourth-order valence-electron chi connectivity index (χ4n) is 2.32. The Bertz CT molecular complexity index is 516. The van der Waals surface area contributed by atoms with Gasteiger partial charge in [-0.2, -0.15) is 0 Å². The lowest BCUT2D eigenvalue weighted by molar-refractivity contribution is -0.133. The van der Waals surface area contributed by atoms with Gasteiger partial charge in [-0.3, -0.25) is 4.79 Å². The maximum absolute atomic E-state index is 12.3. The van der Waals surface area contributed by atoms with Crippen molar-refractivity contribution in [3.05, 3.63) is 33.8 Å². The maximum Gasteiger partial charge on any atom is 0.227 e. The minimum Gasteiger partial charge on any atom is -0.335 e. The van der Waals surface area contributed by atoms with Crippen LogP contribution in [0.1, 0.15) is 24.8 Å². The number of hydrogen-bond acceptors (Lipinski definition) is 2. The second-order valence-electron chi connectivity index (χ2n) is 5.45. The molecular formula is C14H16Cl2N2O. The highest BCUT2D eigenvalue weighted by molar-refractivity contribution is 6.42. The molecule has 2 atom stereocenters. The summed E-state index contributed by atoms with van der Waals surface area (Å²) < 4.78 is 0. The van der Waals surface area contributed by atoms with Crippen molar-refractivity contribution >= 4 is 29.1 Å². The van der Waals surface area contributed by atoms with Gasteiger partial charge in [0.05, 0.1) is 16.0 Å². The van der Waals surface area contributed by atoms with E-state index in [9.17, 15) is 4.79 Å². The smallest absolute Gasteiger partial charge is 0.227 e. The SMILES string of the molecule is NC1CC1C(=O)N(Cc1ccc(Cl)c(Cl)c1)C1CC1. The lowest BCUT2D eigenvalue weighted by Crippen LogP contribution is -2.35. The Morgan fingerprint density at radius 3 is 2.53 bits per heavy atom. The van der Waals surface area contributed by atoms with Crippen molar-refractivity contribution in [3.63, 3.8) is 0 Å². The van der Waals surface area contributed by atoms with Crippen LogP contribution >= 0.6 is 23.2 Å². The molecule has 0 aliphatic heterocycles. The molecule has 1 aromatic carbocycles. The molecule has 1 amide bonds. The van der Waals surface area contributed by atoms with Crippen LogP contribution in [-0.2, 0) is 11.3 Å². The summed E-state index contributed by atoms with van der Waals surface area (Å²) in [6.07, 6.45) is 3.01. The molecule has 0 saturated heterocycles. The number of rotatable bonds is 4. The molecule has 5 heteroatoms. The van der Waals surface area contributed by atoms with Crippen LogP contribution in [0.25, 0.3) is 0 Å². The molecule has 1 aromatic rings. The Morgan fingerprint density at radius 1 is 1.32 bits per heavy atom. The van der Waals surface area contributed by atoms with Crippen LogP contribution in [0.3, 0.4) is 0 Å². The number of amides is 1. The minimum atomic E-state index is 0.0309. The van der Waals surface area contributed by atoms with Crippen LogP contribution in [0.15, 0.2) is 18.2 Å². The second kappa shape index (κ2) is 4.97. The first-order valence-corrected chi connectivity index (χ1v) is 7.32. The highest BCUT2D eigenvalue weighted by Crippen LogP contribution is 2.36. The first-order valence-electron chi connectivity index (χ1n) is 6.56. The molecule has 0 bridgehead atoms. The van der Waals surface area contributed by atoms with Crippen molar-refractivity contribution in [2.24, 2.45) is 11.7 Å². The first-order chi connectivity index (χ1) is 9.06. The molecule has 102 valence electrons. The third kappa shape index (κ3) is 2.88. The molecule has 2 aliphatic rings. The zero-order chi connectivity index (χ0) is 13.6. The van der Waals surface area contributed by atoms with Gasteiger partial charge >= 0.3 is 0 Å². The third-order valence-corrected chi connectivity index (χ3v) is 4.50. The van der Waals surface area contributed by atoms with Crippen molar-refractivity contribution < 1.29 is 4.79 Å². The van der Waals surface area contributed by atoms with Crippen LogP contribution in [0, 0.1) is 5.92 Å². The van der Waals surface area contributed by atoms with Crippen molar-refractivity contribution in [1.82, 2.24) is 4.90 Å². The van der Waals surface area contributed by atoms with Crippen LogP contribution in [0.4, 0.5) is 0 Å². The number of halogens is 2. The number of carbonyl (C=O) groups is 1. The van der Waals surface area contributed by atoms with E-state index in [1.54, 1.807) is 6.07 Å². The number of carbonyl (C=O) groups excluding carboxylic acids is 1. The largest absolute Gasteiger partial charge is 0.335 e. The molecule has 2 aliphatic carbocycles. The zero-order valence-corrected chi connectivity index (χ0v) is 12.0. The Kier molecular flexibility index (Phi) is 3.46. The zero-order valence-electron chi connectivity index (χ0n) is 10.5. The summed E-state index contributed by atoms with van der Waals surface area (Å²) in [4.78, 5) is 14.3. The van der Waals surface area contributed by atoms with Gasteiger partial charge in [0.15, 0.2) is 0 Å². The van der Waals surface area contributed by atoms with Gasteiger partial charge in [0.1, 0.15) is 0 Å². The molecule has 2 fully saturated rings. The van der Waals surface area contributed by atoms with Gasteiger partial charge in [-0.15, -0.1) is 0 Å². The summed E-state index contributed by atoms with van der Waals surface area (Å²) >= 11 is 11.9. The first kappa shape index (κ1) is 13.2. The van der Waals surface area contributed by atoms with E-state index in [1.807, 2.05) is 17.0 Å². The van der Waals surface area contributed by atoms with E-state index >= 15 is 0 Å². The number of benzene rings is 1. The van der Waals surface area contributed by atoms with E-state index in [0.717, 1.165) is 24.8 Å². The fraction of sp³-hybridized carbons (Fsp3) is 0.500. The standard InChI is InChI=1S/C14H16Cl2N2O/c15-11-4-1-8(5-12(11)16)7-18(9-2-3-9)14(19)10-6-13(10)17/h1,4-5,9-10,13H,2-3,6-7,17H2. The normalized spacial score (nSPS) is 25.2. The molecule has 0 heterocycles. The number of hydrogen-bond donors (Lipinski definition) is 1. The van der Waals surface area contributed by atoms with E-state index in [4.69, 9.17) is 28.9 Å². The molecule has 2 saturated carbocycles. The average molecular weight is 299 g/mol. The van der Waals surface area contributed by atoms with Crippen LogP contribution < -0.4 is 5.73 Å². The summed E-state index contributed by atoms with van der Waals surface area (Å²) in [6, 6.07) is 5.97. The molecule has 19 heavy (non-hydrogen) atoms. The van der Waals surface area contributed by atoms with Gasteiger partial charge in [-0.25, -0.2) is 0 Å². The van der Waals surface area contributed by atoms with E-state index in [1.165, 1.54) is 0 Å². The molecule has 2 unspecified atom stereocenters. The molecule has 0 spiro atoms. The van der Waals surface area contributed by atoms with E-state index in [2.05, 4.69) is 0 Å². The minimum absolute atomic E-state index is 0.0309. The fourth-order valence-corrected chi connectivity index (χ4v) is 2.64. The average Bonchev–Trinajstić information content (AvgIpc) is 3.25.